The van der Waals surface area contributed by atoms with Crippen LogP contribution in [0, 0.1) is 12.8 Å². The zero-order valence-corrected chi connectivity index (χ0v) is 11.6. The zero-order valence-electron chi connectivity index (χ0n) is 10.8. The topological polar surface area (TPSA) is 82.5 Å². The van der Waals surface area contributed by atoms with Crippen LogP contribution in [-0.4, -0.2) is 40.1 Å². The molecule has 7 heteroatoms. The third-order valence-electron chi connectivity index (χ3n) is 2.88. The van der Waals surface area contributed by atoms with Gasteiger partial charge in [-0.2, -0.15) is 0 Å². The number of aliphatic carboxylic acids is 1. The fraction of sp³-hybridized carbons (Fsp3) is 0.583. The van der Waals surface area contributed by atoms with Crippen LogP contribution in [0.5, 0.6) is 0 Å². The summed E-state index contributed by atoms with van der Waals surface area (Å²) in [6.45, 7) is 2.51. The van der Waals surface area contributed by atoms with E-state index < -0.39 is 5.97 Å². The Morgan fingerprint density at radius 1 is 1.58 bits per heavy atom. The maximum Gasteiger partial charge on any atom is 0.323 e. The molecule has 1 aromatic rings. The van der Waals surface area contributed by atoms with Crippen molar-refractivity contribution in [1.82, 2.24) is 15.2 Å². The number of aromatic nitrogens is 1. The first-order valence-corrected chi connectivity index (χ1v) is 7.08. The number of hydrogen-bond acceptors (Lipinski definition) is 4. The molecule has 1 aromatic heterocycles. The molecular weight excluding hydrogens is 266 g/mol. The van der Waals surface area contributed by atoms with Gasteiger partial charge in [0.05, 0.1) is 17.2 Å². The van der Waals surface area contributed by atoms with E-state index in [1.165, 1.54) is 16.2 Å². The minimum absolute atomic E-state index is 0.252. The van der Waals surface area contributed by atoms with Crippen LogP contribution in [0.2, 0.25) is 0 Å². The fourth-order valence-corrected chi connectivity index (χ4v) is 2.37. The molecule has 0 spiro atoms. The summed E-state index contributed by atoms with van der Waals surface area (Å²) in [5.74, 6) is -0.521. The summed E-state index contributed by atoms with van der Waals surface area (Å²) in [6, 6.07) is -0.333. The summed E-state index contributed by atoms with van der Waals surface area (Å²) in [5.41, 5.74) is 0.803. The average molecular weight is 283 g/mol. The summed E-state index contributed by atoms with van der Waals surface area (Å²) in [6.07, 6.45) is 2.16. The Morgan fingerprint density at radius 3 is 2.84 bits per heavy atom. The van der Waals surface area contributed by atoms with Crippen molar-refractivity contribution < 1.29 is 14.7 Å². The molecule has 0 bridgehead atoms. The molecule has 0 aliphatic heterocycles. The first kappa shape index (κ1) is 13.8. The normalized spacial score (nSPS) is 14.2. The molecule has 0 atom stereocenters. The van der Waals surface area contributed by atoms with Crippen LogP contribution in [0.4, 0.5) is 4.79 Å². The van der Waals surface area contributed by atoms with Gasteiger partial charge in [0.15, 0.2) is 0 Å². The van der Waals surface area contributed by atoms with E-state index in [1.807, 2.05) is 12.3 Å². The molecule has 19 heavy (non-hydrogen) atoms. The highest BCUT2D eigenvalue weighted by Gasteiger charge is 2.27. The van der Waals surface area contributed by atoms with Crippen LogP contribution >= 0.6 is 11.3 Å². The SMILES string of the molecule is Cc1nc(CNC(=O)N(CC(=O)O)CC2CC2)cs1. The van der Waals surface area contributed by atoms with Crippen LogP contribution in [0.25, 0.3) is 0 Å². The number of urea groups is 1. The van der Waals surface area contributed by atoms with E-state index in [0.717, 1.165) is 23.5 Å². The molecule has 0 unspecified atom stereocenters. The monoisotopic (exact) mass is 283 g/mol. The first-order chi connectivity index (χ1) is 9.04. The Balaban J connectivity index is 1.85. The average Bonchev–Trinajstić information content (AvgIpc) is 3.06. The molecule has 1 fully saturated rings. The third-order valence-corrected chi connectivity index (χ3v) is 3.70. The minimum atomic E-state index is -0.986. The summed E-state index contributed by atoms with van der Waals surface area (Å²) >= 11 is 1.53. The lowest BCUT2D eigenvalue weighted by Crippen LogP contribution is -2.43. The molecule has 1 aliphatic rings. The standard InChI is InChI=1S/C12H17N3O3S/c1-8-14-10(7-19-8)4-13-12(18)15(6-11(16)17)5-9-2-3-9/h7,9H,2-6H2,1H3,(H,13,18)(H,16,17). The summed E-state index contributed by atoms with van der Waals surface area (Å²) in [5, 5.41) is 14.4. The molecule has 0 radical (unpaired) electrons. The molecule has 2 amide bonds. The van der Waals surface area contributed by atoms with Crippen molar-refractivity contribution in [3.05, 3.63) is 16.1 Å². The van der Waals surface area contributed by atoms with E-state index in [0.29, 0.717) is 19.0 Å². The lowest BCUT2D eigenvalue weighted by atomic mass is 10.3. The van der Waals surface area contributed by atoms with Gasteiger partial charge in [-0.3, -0.25) is 4.79 Å². The van der Waals surface area contributed by atoms with Crippen LogP contribution in [0.15, 0.2) is 5.38 Å². The summed E-state index contributed by atoms with van der Waals surface area (Å²) < 4.78 is 0. The number of carboxylic acid groups (broad SMARTS) is 1. The molecule has 1 saturated carbocycles. The quantitative estimate of drug-likeness (QED) is 0.828. The van der Waals surface area contributed by atoms with Crippen molar-refractivity contribution in [3.8, 4) is 0 Å². The predicted molar refractivity (Wildman–Crippen MR) is 71.0 cm³/mol. The highest BCUT2D eigenvalue weighted by molar-refractivity contribution is 7.09. The van der Waals surface area contributed by atoms with Crippen molar-refractivity contribution in [2.75, 3.05) is 13.1 Å². The number of carbonyl (C=O) groups is 2. The Labute approximate surface area is 115 Å². The largest absolute Gasteiger partial charge is 0.480 e. The Bertz CT molecular complexity index is 471. The lowest BCUT2D eigenvalue weighted by Gasteiger charge is -2.20. The number of amides is 2. The molecule has 104 valence electrons. The maximum absolute atomic E-state index is 11.9. The van der Waals surface area contributed by atoms with Crippen LogP contribution in [0.1, 0.15) is 23.5 Å². The van der Waals surface area contributed by atoms with Gasteiger partial charge in [0, 0.05) is 11.9 Å². The summed E-state index contributed by atoms with van der Waals surface area (Å²) in [7, 11) is 0. The van der Waals surface area contributed by atoms with Gasteiger partial charge in [0.1, 0.15) is 6.54 Å². The van der Waals surface area contributed by atoms with Crippen LogP contribution in [-0.2, 0) is 11.3 Å². The second-order valence-electron chi connectivity index (χ2n) is 4.73. The smallest absolute Gasteiger partial charge is 0.323 e. The van der Waals surface area contributed by atoms with E-state index in [9.17, 15) is 9.59 Å². The first-order valence-electron chi connectivity index (χ1n) is 6.20. The Kier molecular flexibility index (Phi) is 4.36. The number of aryl methyl sites for hydroxylation is 1. The number of rotatable bonds is 6. The van der Waals surface area contributed by atoms with Gasteiger partial charge in [0.25, 0.3) is 0 Å². The van der Waals surface area contributed by atoms with Crippen molar-refractivity contribution >= 4 is 23.3 Å². The molecule has 1 heterocycles. The zero-order chi connectivity index (χ0) is 13.8. The van der Waals surface area contributed by atoms with Gasteiger partial charge in [0.2, 0.25) is 0 Å². The van der Waals surface area contributed by atoms with E-state index in [2.05, 4.69) is 10.3 Å². The van der Waals surface area contributed by atoms with E-state index in [-0.39, 0.29) is 12.6 Å². The molecule has 2 N–H and O–H groups in total. The number of carbonyl (C=O) groups excluding carboxylic acids is 1. The minimum Gasteiger partial charge on any atom is -0.480 e. The number of nitrogens with one attached hydrogen (secondary N) is 1. The number of hydrogen-bond donors (Lipinski definition) is 2. The van der Waals surface area contributed by atoms with E-state index in [4.69, 9.17) is 5.11 Å². The number of carboxylic acids is 1. The van der Waals surface area contributed by atoms with E-state index >= 15 is 0 Å². The van der Waals surface area contributed by atoms with Gasteiger partial charge in [-0.1, -0.05) is 0 Å². The fourth-order valence-electron chi connectivity index (χ4n) is 1.76. The lowest BCUT2D eigenvalue weighted by molar-refractivity contribution is -0.137. The molecule has 1 aliphatic carbocycles. The predicted octanol–water partition coefficient (Wildman–Crippen LogP) is 1.46. The second-order valence-corrected chi connectivity index (χ2v) is 5.80. The van der Waals surface area contributed by atoms with Crippen LogP contribution < -0.4 is 5.32 Å². The molecule has 0 aromatic carbocycles. The number of nitrogens with zero attached hydrogens (tertiary/aromatic N) is 2. The Hall–Kier alpha value is -1.63. The van der Waals surface area contributed by atoms with Gasteiger partial charge in [-0.05, 0) is 25.7 Å². The second kappa shape index (κ2) is 6.01. The maximum atomic E-state index is 11.9. The van der Waals surface area contributed by atoms with Crippen molar-refractivity contribution in [2.45, 2.75) is 26.3 Å². The van der Waals surface area contributed by atoms with Gasteiger partial charge in [-0.25, -0.2) is 9.78 Å². The molecule has 6 nitrogen and oxygen atoms in total. The van der Waals surface area contributed by atoms with Gasteiger partial charge in [-0.15, -0.1) is 11.3 Å². The Morgan fingerprint density at radius 2 is 2.32 bits per heavy atom. The van der Waals surface area contributed by atoms with Crippen molar-refractivity contribution in [1.29, 1.82) is 0 Å². The van der Waals surface area contributed by atoms with Crippen molar-refractivity contribution in [3.63, 3.8) is 0 Å². The van der Waals surface area contributed by atoms with Gasteiger partial charge < -0.3 is 15.3 Å². The number of thiazole rings is 1. The van der Waals surface area contributed by atoms with Crippen molar-refractivity contribution in [2.24, 2.45) is 5.92 Å². The molecular formula is C12H17N3O3S. The molecule has 0 saturated heterocycles. The van der Waals surface area contributed by atoms with Crippen LogP contribution in [0.3, 0.4) is 0 Å². The highest BCUT2D eigenvalue weighted by atomic mass is 32.1. The molecule has 2 rings (SSSR count). The van der Waals surface area contributed by atoms with E-state index in [1.54, 1.807) is 0 Å². The van der Waals surface area contributed by atoms with Gasteiger partial charge >= 0.3 is 12.0 Å². The third kappa shape index (κ3) is 4.51. The highest BCUT2D eigenvalue weighted by Crippen LogP contribution is 2.29. The summed E-state index contributed by atoms with van der Waals surface area (Å²) in [4.78, 5) is 28.3.